The molecular weight excluding hydrogens is 295 g/mol. The van der Waals surface area contributed by atoms with E-state index in [0.29, 0.717) is 0 Å². The minimum Gasteiger partial charge on any atom is -0.318 e. The van der Waals surface area contributed by atoms with Crippen LogP contribution in [0.3, 0.4) is 0 Å². The Hall–Kier alpha value is -0.790. The van der Waals surface area contributed by atoms with Crippen LogP contribution < -0.4 is 5.56 Å². The zero-order valence-electron chi connectivity index (χ0n) is 6.18. The Morgan fingerprint density at radius 2 is 2.15 bits per heavy atom. The molecule has 0 saturated carbocycles. The van der Waals surface area contributed by atoms with E-state index in [1.54, 1.807) is 22.6 Å². The number of hydrogen-bond acceptors (Lipinski definition) is 2. The molecule has 0 aliphatic rings. The van der Waals surface area contributed by atoms with Crippen LogP contribution in [0.15, 0.2) is 10.9 Å². The summed E-state index contributed by atoms with van der Waals surface area (Å²) in [4.78, 5) is 23.3. The molecule has 13 heavy (non-hydrogen) atoms. The number of alkyl halides is 2. The average Bonchev–Trinajstić information content (AvgIpc) is 2.08. The smallest absolute Gasteiger partial charge is 0.266 e. The Balaban J connectivity index is 3.41. The van der Waals surface area contributed by atoms with Crippen molar-refractivity contribution in [2.75, 3.05) is 0 Å². The summed E-state index contributed by atoms with van der Waals surface area (Å²) in [5, 5.41) is 0. The maximum Gasteiger partial charge on any atom is 0.266 e. The van der Waals surface area contributed by atoms with Crippen LogP contribution in [0.1, 0.15) is 22.5 Å². The number of aromatic amines is 1. The maximum atomic E-state index is 12.2. The number of aldehydes is 1. The highest BCUT2D eigenvalue weighted by Gasteiger charge is 2.14. The van der Waals surface area contributed by atoms with Crippen molar-refractivity contribution >= 4 is 28.9 Å². The van der Waals surface area contributed by atoms with Gasteiger partial charge in [-0.1, -0.05) is 0 Å². The number of H-pyrrole nitrogens is 1. The van der Waals surface area contributed by atoms with E-state index in [0.717, 1.165) is 6.07 Å². The molecule has 0 fully saturated rings. The molecule has 1 N–H and O–H groups in total. The average molecular weight is 299 g/mol. The summed E-state index contributed by atoms with van der Waals surface area (Å²) in [6, 6.07) is 1.01. The Bertz CT molecular complexity index is 389. The molecule has 1 aromatic rings. The molecule has 1 aromatic heterocycles. The number of nitrogens with one attached hydrogen (secondary N) is 1. The van der Waals surface area contributed by atoms with Gasteiger partial charge in [-0.3, -0.25) is 9.59 Å². The van der Waals surface area contributed by atoms with Crippen molar-refractivity contribution in [2.45, 2.75) is 6.43 Å². The van der Waals surface area contributed by atoms with Crippen LogP contribution in [0.4, 0.5) is 8.78 Å². The standard InChI is InChI=1S/C7H4F2INO2/c8-6(9)3-1-4(10)7(13)11-5(3)2-12/h1-2,6H,(H,11,13). The second-order valence-corrected chi connectivity index (χ2v) is 3.40. The summed E-state index contributed by atoms with van der Waals surface area (Å²) in [6.45, 7) is 0. The van der Waals surface area contributed by atoms with Crippen molar-refractivity contribution in [1.29, 1.82) is 0 Å². The zero-order chi connectivity index (χ0) is 10.0. The third kappa shape index (κ3) is 2.11. The van der Waals surface area contributed by atoms with Crippen molar-refractivity contribution in [3.63, 3.8) is 0 Å². The highest BCUT2D eigenvalue weighted by Crippen LogP contribution is 2.20. The van der Waals surface area contributed by atoms with Crippen LogP contribution in [-0.4, -0.2) is 11.3 Å². The van der Waals surface area contributed by atoms with Crippen LogP contribution in [0.2, 0.25) is 0 Å². The molecule has 70 valence electrons. The minimum absolute atomic E-state index is 0.137. The van der Waals surface area contributed by atoms with Gasteiger partial charge in [0.15, 0.2) is 6.29 Å². The first-order valence-electron chi connectivity index (χ1n) is 3.22. The molecule has 0 amide bonds. The number of carbonyl (C=O) groups is 1. The van der Waals surface area contributed by atoms with Crippen LogP contribution in [0.5, 0.6) is 0 Å². The molecule has 0 saturated heterocycles. The number of carbonyl (C=O) groups excluding carboxylic acids is 1. The fourth-order valence-corrected chi connectivity index (χ4v) is 1.28. The van der Waals surface area contributed by atoms with E-state index in [9.17, 15) is 18.4 Å². The van der Waals surface area contributed by atoms with E-state index in [4.69, 9.17) is 0 Å². The summed E-state index contributed by atoms with van der Waals surface area (Å²) in [6.07, 6.45) is -2.55. The van der Waals surface area contributed by atoms with Gasteiger partial charge in [-0.25, -0.2) is 8.78 Å². The molecule has 6 heteroatoms. The van der Waals surface area contributed by atoms with Gasteiger partial charge >= 0.3 is 0 Å². The lowest BCUT2D eigenvalue weighted by atomic mass is 10.2. The summed E-state index contributed by atoms with van der Waals surface area (Å²) in [5.74, 6) is 0. The molecule has 0 unspecified atom stereocenters. The predicted molar refractivity (Wildman–Crippen MR) is 50.1 cm³/mol. The van der Waals surface area contributed by atoms with E-state index >= 15 is 0 Å². The Morgan fingerprint density at radius 3 is 2.62 bits per heavy atom. The van der Waals surface area contributed by atoms with Crippen molar-refractivity contribution in [3.8, 4) is 0 Å². The molecule has 0 aliphatic carbocycles. The third-order valence-corrected chi connectivity index (χ3v) is 2.21. The molecule has 1 heterocycles. The highest BCUT2D eigenvalue weighted by atomic mass is 127. The first-order valence-corrected chi connectivity index (χ1v) is 4.30. The lowest BCUT2D eigenvalue weighted by Crippen LogP contribution is -2.14. The van der Waals surface area contributed by atoms with Gasteiger partial charge in [-0.15, -0.1) is 0 Å². The van der Waals surface area contributed by atoms with Gasteiger partial charge in [-0.05, 0) is 28.7 Å². The molecule has 0 aliphatic heterocycles. The van der Waals surface area contributed by atoms with Gasteiger partial charge in [0, 0.05) is 5.56 Å². The summed E-state index contributed by atoms with van der Waals surface area (Å²) < 4.78 is 24.6. The van der Waals surface area contributed by atoms with Crippen molar-refractivity contribution in [1.82, 2.24) is 4.98 Å². The van der Waals surface area contributed by atoms with E-state index in [-0.39, 0.29) is 15.6 Å². The van der Waals surface area contributed by atoms with Crippen LogP contribution in [0.25, 0.3) is 0 Å². The normalized spacial score (nSPS) is 10.5. The summed E-state index contributed by atoms with van der Waals surface area (Å²) in [7, 11) is 0. The molecule has 0 aromatic carbocycles. The summed E-state index contributed by atoms with van der Waals surface area (Å²) >= 11 is 1.62. The molecule has 0 radical (unpaired) electrons. The number of aromatic nitrogens is 1. The lowest BCUT2D eigenvalue weighted by molar-refractivity contribution is 0.110. The fraction of sp³-hybridized carbons (Fsp3) is 0.143. The molecule has 1 rings (SSSR count). The zero-order valence-corrected chi connectivity index (χ0v) is 8.34. The Labute approximate surface area is 85.3 Å². The van der Waals surface area contributed by atoms with E-state index in [1.165, 1.54) is 0 Å². The SMILES string of the molecule is O=Cc1[nH]c(=O)c(I)cc1C(F)F. The second kappa shape index (κ2) is 3.95. The predicted octanol–water partition coefficient (Wildman–Crippen LogP) is 1.73. The monoisotopic (exact) mass is 299 g/mol. The van der Waals surface area contributed by atoms with Crippen molar-refractivity contribution in [2.24, 2.45) is 0 Å². The first kappa shape index (κ1) is 10.3. The number of halogens is 3. The van der Waals surface area contributed by atoms with Gasteiger partial charge in [0.25, 0.3) is 12.0 Å². The first-order chi connectivity index (χ1) is 6.06. The van der Waals surface area contributed by atoms with E-state index < -0.39 is 17.5 Å². The van der Waals surface area contributed by atoms with E-state index in [2.05, 4.69) is 4.98 Å². The molecule has 0 atom stereocenters. The Morgan fingerprint density at radius 1 is 1.54 bits per heavy atom. The topological polar surface area (TPSA) is 49.9 Å². The van der Waals surface area contributed by atoms with Crippen LogP contribution in [0, 0.1) is 3.57 Å². The fourth-order valence-electron chi connectivity index (χ4n) is 0.812. The number of hydrogen-bond donors (Lipinski definition) is 1. The largest absolute Gasteiger partial charge is 0.318 e. The van der Waals surface area contributed by atoms with Gasteiger partial charge in [0.1, 0.15) is 0 Å². The molecule has 3 nitrogen and oxygen atoms in total. The Kier molecular flexibility index (Phi) is 3.12. The molecule has 0 spiro atoms. The summed E-state index contributed by atoms with van der Waals surface area (Å²) in [5.41, 5.74) is -1.34. The van der Waals surface area contributed by atoms with Gasteiger partial charge in [-0.2, -0.15) is 0 Å². The highest BCUT2D eigenvalue weighted by molar-refractivity contribution is 14.1. The molecular formula is C7H4F2INO2. The van der Waals surface area contributed by atoms with Gasteiger partial charge in [0.05, 0.1) is 9.26 Å². The van der Waals surface area contributed by atoms with Crippen LogP contribution in [-0.2, 0) is 0 Å². The molecule has 0 bridgehead atoms. The van der Waals surface area contributed by atoms with Gasteiger partial charge < -0.3 is 4.98 Å². The van der Waals surface area contributed by atoms with Crippen molar-refractivity contribution in [3.05, 3.63) is 31.2 Å². The van der Waals surface area contributed by atoms with Crippen molar-refractivity contribution < 1.29 is 13.6 Å². The quantitative estimate of drug-likeness (QED) is 0.668. The second-order valence-electron chi connectivity index (χ2n) is 2.23. The maximum absolute atomic E-state index is 12.2. The van der Waals surface area contributed by atoms with E-state index in [1.807, 2.05) is 0 Å². The minimum atomic E-state index is -2.76. The van der Waals surface area contributed by atoms with Crippen LogP contribution >= 0.6 is 22.6 Å². The number of rotatable bonds is 2. The third-order valence-electron chi connectivity index (χ3n) is 1.41. The number of pyridine rings is 1. The van der Waals surface area contributed by atoms with Gasteiger partial charge in [0.2, 0.25) is 0 Å². The lowest BCUT2D eigenvalue weighted by Gasteiger charge is -2.02.